The first-order valence-electron chi connectivity index (χ1n) is 10.9. The van der Waals surface area contributed by atoms with Crippen LogP contribution in [0.15, 0.2) is 76.4 Å². The maximum atomic E-state index is 13.8. The number of hydrogen-bond donors (Lipinski definition) is 2. The molecule has 0 aliphatic heterocycles. The van der Waals surface area contributed by atoms with Crippen molar-refractivity contribution in [2.24, 2.45) is 0 Å². The molecule has 4 aromatic rings. The second-order valence-corrected chi connectivity index (χ2v) is 7.91. The maximum Gasteiger partial charge on any atom is 0.354 e. The summed E-state index contributed by atoms with van der Waals surface area (Å²) in [5, 5.41) is 11.9. The van der Waals surface area contributed by atoms with Gasteiger partial charge in [-0.25, -0.2) is 23.5 Å². The molecule has 0 aliphatic carbocycles. The molecule has 2 aromatic heterocycles. The Balaban J connectivity index is 1.64. The van der Waals surface area contributed by atoms with Crippen LogP contribution in [0.1, 0.15) is 17.5 Å². The van der Waals surface area contributed by atoms with Crippen LogP contribution in [0.5, 0.6) is 11.6 Å². The number of aliphatic carboxylic acids is 1. The van der Waals surface area contributed by atoms with Gasteiger partial charge < -0.3 is 15.2 Å². The Morgan fingerprint density at radius 3 is 2.44 bits per heavy atom. The van der Waals surface area contributed by atoms with Crippen molar-refractivity contribution in [1.82, 2.24) is 19.1 Å². The molecular formula is C25H22FN5O5. The van der Waals surface area contributed by atoms with E-state index in [-0.39, 0.29) is 24.9 Å². The van der Waals surface area contributed by atoms with Gasteiger partial charge in [0.2, 0.25) is 5.95 Å². The Bertz CT molecular complexity index is 1500. The average molecular weight is 491 g/mol. The third-order valence-corrected chi connectivity index (χ3v) is 5.21. The lowest BCUT2D eigenvalue weighted by Crippen LogP contribution is -2.43. The average Bonchev–Trinajstić information content (AvgIpc) is 2.85. The minimum Gasteiger partial charge on any atom is -0.481 e. The molecule has 4 rings (SSSR count). The molecule has 0 saturated carbocycles. The van der Waals surface area contributed by atoms with Crippen LogP contribution >= 0.6 is 0 Å². The number of halogens is 1. The van der Waals surface area contributed by atoms with Gasteiger partial charge in [-0.2, -0.15) is 4.98 Å². The molecule has 0 aliphatic rings. The predicted molar refractivity (Wildman–Crippen MR) is 129 cm³/mol. The first-order valence-corrected chi connectivity index (χ1v) is 10.9. The largest absolute Gasteiger partial charge is 0.481 e. The molecule has 36 heavy (non-hydrogen) atoms. The highest BCUT2D eigenvalue weighted by atomic mass is 19.1. The summed E-state index contributed by atoms with van der Waals surface area (Å²) in [6, 6.07) is 16.5. The van der Waals surface area contributed by atoms with Crippen molar-refractivity contribution < 1.29 is 19.0 Å². The summed E-state index contributed by atoms with van der Waals surface area (Å²) in [6.07, 6.45) is 1.01. The highest BCUT2D eigenvalue weighted by Gasteiger charge is 2.15. The Morgan fingerprint density at radius 1 is 1.06 bits per heavy atom. The van der Waals surface area contributed by atoms with E-state index < -0.39 is 29.6 Å². The summed E-state index contributed by atoms with van der Waals surface area (Å²) in [6.45, 7) is 1.73. The lowest BCUT2D eigenvalue weighted by molar-refractivity contribution is -0.137. The van der Waals surface area contributed by atoms with Crippen molar-refractivity contribution in [3.63, 3.8) is 0 Å². The van der Waals surface area contributed by atoms with E-state index in [1.807, 2.05) is 31.2 Å². The van der Waals surface area contributed by atoms with Crippen LogP contribution in [0.4, 0.5) is 16.0 Å². The van der Waals surface area contributed by atoms with E-state index in [0.717, 1.165) is 15.7 Å². The highest BCUT2D eigenvalue weighted by molar-refractivity contribution is 5.66. The molecule has 2 aromatic carbocycles. The second kappa shape index (κ2) is 10.6. The van der Waals surface area contributed by atoms with Crippen LogP contribution in [0.3, 0.4) is 0 Å². The molecule has 2 heterocycles. The van der Waals surface area contributed by atoms with E-state index in [2.05, 4.69) is 15.3 Å². The number of aromatic nitrogens is 4. The fourth-order valence-electron chi connectivity index (χ4n) is 3.34. The van der Waals surface area contributed by atoms with Crippen molar-refractivity contribution in [2.75, 3.05) is 5.32 Å². The summed E-state index contributed by atoms with van der Waals surface area (Å²) in [5.41, 5.74) is 0.759. The van der Waals surface area contributed by atoms with Gasteiger partial charge in [0, 0.05) is 18.4 Å². The van der Waals surface area contributed by atoms with Gasteiger partial charge in [-0.15, -0.1) is 0 Å². The monoisotopic (exact) mass is 491 g/mol. The highest BCUT2D eigenvalue weighted by Crippen LogP contribution is 2.24. The minimum atomic E-state index is -1.14. The normalized spacial score (nSPS) is 10.7. The topological polar surface area (TPSA) is 128 Å². The van der Waals surface area contributed by atoms with E-state index in [4.69, 9.17) is 9.84 Å². The lowest BCUT2D eigenvalue weighted by atomic mass is 10.1. The Kier molecular flexibility index (Phi) is 7.19. The Hall–Kier alpha value is -4.80. The number of carbonyl (C=O) groups is 1. The third kappa shape index (κ3) is 5.81. The molecule has 2 N–H and O–H groups in total. The van der Waals surface area contributed by atoms with Crippen LogP contribution in [-0.4, -0.2) is 30.2 Å². The second-order valence-electron chi connectivity index (χ2n) is 7.91. The first-order chi connectivity index (χ1) is 17.3. The number of carboxylic acid groups (broad SMARTS) is 1. The van der Waals surface area contributed by atoms with E-state index >= 15 is 0 Å². The number of benzene rings is 2. The smallest absolute Gasteiger partial charge is 0.354 e. The molecule has 11 heteroatoms. The van der Waals surface area contributed by atoms with Crippen molar-refractivity contribution in [3.8, 4) is 11.6 Å². The Labute approximate surface area is 204 Å². The molecule has 0 unspecified atom stereocenters. The number of rotatable bonds is 9. The lowest BCUT2D eigenvalue weighted by Gasteiger charge is -2.16. The van der Waals surface area contributed by atoms with E-state index in [1.165, 1.54) is 22.9 Å². The molecular weight excluding hydrogens is 469 g/mol. The van der Waals surface area contributed by atoms with E-state index in [9.17, 15) is 18.8 Å². The van der Waals surface area contributed by atoms with Crippen LogP contribution < -0.4 is 21.4 Å². The van der Waals surface area contributed by atoms with Gasteiger partial charge in [0.05, 0.1) is 13.0 Å². The molecule has 0 atom stereocenters. The van der Waals surface area contributed by atoms with Gasteiger partial charge >= 0.3 is 17.3 Å². The number of pyridine rings is 1. The van der Waals surface area contributed by atoms with Gasteiger partial charge in [0.15, 0.2) is 5.82 Å². The maximum absolute atomic E-state index is 13.8. The van der Waals surface area contributed by atoms with Crippen molar-refractivity contribution in [2.45, 2.75) is 26.4 Å². The van der Waals surface area contributed by atoms with Crippen LogP contribution in [-0.2, 0) is 17.9 Å². The van der Waals surface area contributed by atoms with Gasteiger partial charge in [0.25, 0.3) is 5.88 Å². The SMILES string of the molecule is Cc1ccc(Cn2c(Nc3ccc(Oc4ncccc4F)cc3)nc(=O)n(CCC(=O)O)c2=O)cc1. The van der Waals surface area contributed by atoms with Crippen LogP contribution in [0, 0.1) is 12.7 Å². The number of ether oxygens (including phenoxy) is 1. The minimum absolute atomic E-state index is 0.0124. The fraction of sp³-hybridized carbons (Fsp3) is 0.160. The molecule has 0 saturated heterocycles. The third-order valence-electron chi connectivity index (χ3n) is 5.21. The zero-order chi connectivity index (χ0) is 25.7. The van der Waals surface area contributed by atoms with E-state index in [1.54, 1.807) is 24.3 Å². The van der Waals surface area contributed by atoms with Gasteiger partial charge in [-0.3, -0.25) is 9.36 Å². The van der Waals surface area contributed by atoms with E-state index in [0.29, 0.717) is 11.4 Å². The summed E-state index contributed by atoms with van der Waals surface area (Å²) in [5.74, 6) is -1.60. The standard InChI is InChI=1S/C25H22FN5O5/c1-16-4-6-17(7-5-16)15-31-23(29-24(34)30(25(31)35)14-12-21(32)33)28-18-8-10-19(11-9-18)36-22-20(26)3-2-13-27-22/h2-11,13H,12,14-15H2,1H3,(H,32,33)(H,28,29,34). The summed E-state index contributed by atoms with van der Waals surface area (Å²) < 4.78 is 21.3. The molecule has 10 nitrogen and oxygen atoms in total. The van der Waals surface area contributed by atoms with Gasteiger partial charge in [-0.05, 0) is 48.9 Å². The predicted octanol–water partition coefficient (Wildman–Crippen LogP) is 3.31. The van der Waals surface area contributed by atoms with Gasteiger partial charge in [-0.1, -0.05) is 29.8 Å². The quantitative estimate of drug-likeness (QED) is 0.365. The summed E-state index contributed by atoms with van der Waals surface area (Å²) in [4.78, 5) is 44.5. The van der Waals surface area contributed by atoms with Crippen LogP contribution in [0.2, 0.25) is 0 Å². The number of nitrogens with one attached hydrogen (secondary N) is 1. The molecule has 0 fully saturated rings. The fourth-order valence-corrected chi connectivity index (χ4v) is 3.34. The number of carboxylic acids is 1. The summed E-state index contributed by atoms with van der Waals surface area (Å²) >= 11 is 0. The molecule has 0 amide bonds. The van der Waals surface area contributed by atoms with Crippen LogP contribution in [0.25, 0.3) is 0 Å². The zero-order valence-corrected chi connectivity index (χ0v) is 19.2. The molecule has 0 bridgehead atoms. The Morgan fingerprint density at radius 2 is 1.78 bits per heavy atom. The zero-order valence-electron chi connectivity index (χ0n) is 19.2. The summed E-state index contributed by atoms with van der Waals surface area (Å²) in [7, 11) is 0. The number of nitrogens with zero attached hydrogens (tertiary/aromatic N) is 4. The van der Waals surface area contributed by atoms with Gasteiger partial charge in [0.1, 0.15) is 5.75 Å². The number of hydrogen-bond acceptors (Lipinski definition) is 7. The van der Waals surface area contributed by atoms with Crippen molar-refractivity contribution >= 4 is 17.6 Å². The number of anilines is 2. The molecule has 0 spiro atoms. The molecule has 184 valence electrons. The number of aryl methyl sites for hydroxylation is 1. The van der Waals surface area contributed by atoms with Crippen molar-refractivity contribution in [3.05, 3.63) is 105 Å². The first kappa shape index (κ1) is 24.3. The van der Waals surface area contributed by atoms with Crippen molar-refractivity contribution in [1.29, 1.82) is 0 Å². The molecule has 0 radical (unpaired) electrons.